The number of thiazole rings is 1. The van der Waals surface area contributed by atoms with Gasteiger partial charge in [-0.1, -0.05) is 36.5 Å². The summed E-state index contributed by atoms with van der Waals surface area (Å²) in [5.41, 5.74) is 8.62. The molecule has 0 atom stereocenters. The van der Waals surface area contributed by atoms with E-state index in [0.29, 0.717) is 22.2 Å². The van der Waals surface area contributed by atoms with Gasteiger partial charge in [-0.25, -0.2) is 4.98 Å². The SMILES string of the molecule is CCc1cccc(C(=O)c2sc(Nc3ccc(OCCN(C)C)cc3)nc2N)c1. The van der Waals surface area contributed by atoms with E-state index >= 15 is 0 Å². The van der Waals surface area contributed by atoms with Crippen LogP contribution < -0.4 is 15.8 Å². The predicted octanol–water partition coefficient (Wildman–Crippen LogP) is 4.20. The van der Waals surface area contributed by atoms with Crippen LogP contribution in [0.25, 0.3) is 0 Å². The highest BCUT2D eigenvalue weighted by Crippen LogP contribution is 2.30. The van der Waals surface area contributed by atoms with Gasteiger partial charge < -0.3 is 20.7 Å². The van der Waals surface area contributed by atoms with Gasteiger partial charge >= 0.3 is 0 Å². The van der Waals surface area contributed by atoms with E-state index in [4.69, 9.17) is 10.5 Å². The standard InChI is InChI=1S/C22H26N4O2S/c1-4-15-6-5-7-16(14-15)19(27)20-21(23)25-22(29-20)24-17-8-10-18(11-9-17)28-13-12-26(2)3/h5-11,14H,4,12-13,23H2,1-3H3,(H,24,25). The molecule has 0 spiro atoms. The van der Waals surface area contributed by atoms with Crippen molar-refractivity contribution < 1.29 is 9.53 Å². The molecule has 0 radical (unpaired) electrons. The number of ketones is 1. The fourth-order valence-electron chi connectivity index (χ4n) is 2.72. The zero-order chi connectivity index (χ0) is 20.8. The van der Waals surface area contributed by atoms with Crippen molar-refractivity contribution in [1.29, 1.82) is 0 Å². The number of carbonyl (C=O) groups is 1. The third kappa shape index (κ3) is 5.56. The Morgan fingerprint density at radius 3 is 2.66 bits per heavy atom. The number of benzene rings is 2. The summed E-state index contributed by atoms with van der Waals surface area (Å²) in [5.74, 6) is 0.948. The van der Waals surface area contributed by atoms with E-state index in [-0.39, 0.29) is 11.6 Å². The molecule has 0 aliphatic rings. The maximum atomic E-state index is 12.8. The van der Waals surface area contributed by atoms with Gasteiger partial charge in [0, 0.05) is 17.8 Å². The van der Waals surface area contributed by atoms with Crippen LogP contribution >= 0.6 is 11.3 Å². The van der Waals surface area contributed by atoms with Crippen LogP contribution in [0.5, 0.6) is 5.75 Å². The second-order valence-electron chi connectivity index (χ2n) is 6.92. The van der Waals surface area contributed by atoms with E-state index in [9.17, 15) is 4.79 Å². The molecule has 2 aromatic carbocycles. The first-order chi connectivity index (χ1) is 14.0. The highest BCUT2D eigenvalue weighted by atomic mass is 32.1. The highest BCUT2D eigenvalue weighted by Gasteiger charge is 2.18. The summed E-state index contributed by atoms with van der Waals surface area (Å²) in [4.78, 5) is 19.7. The second kappa shape index (κ2) is 9.54. The molecule has 1 heterocycles. The lowest BCUT2D eigenvalue weighted by Gasteiger charge is -2.11. The summed E-state index contributed by atoms with van der Waals surface area (Å²) < 4.78 is 5.70. The molecular formula is C22H26N4O2S. The molecule has 3 N–H and O–H groups in total. The van der Waals surface area contributed by atoms with Crippen LogP contribution in [0.15, 0.2) is 48.5 Å². The zero-order valence-corrected chi connectivity index (χ0v) is 17.8. The first-order valence-electron chi connectivity index (χ1n) is 9.51. The average molecular weight is 411 g/mol. The third-order valence-electron chi connectivity index (χ3n) is 4.37. The minimum absolute atomic E-state index is 0.104. The molecule has 7 heteroatoms. The van der Waals surface area contributed by atoms with Crippen LogP contribution in [0.2, 0.25) is 0 Å². The van der Waals surface area contributed by atoms with Gasteiger partial charge in [0.25, 0.3) is 0 Å². The molecule has 0 bridgehead atoms. The number of rotatable bonds is 9. The Kier molecular flexibility index (Phi) is 6.85. The zero-order valence-electron chi connectivity index (χ0n) is 16.9. The fraction of sp³-hybridized carbons (Fsp3) is 0.273. The van der Waals surface area contributed by atoms with E-state index in [1.165, 1.54) is 11.3 Å². The van der Waals surface area contributed by atoms with E-state index in [1.54, 1.807) is 0 Å². The molecule has 1 aromatic heterocycles. The molecule has 3 rings (SSSR count). The molecule has 0 aliphatic carbocycles. The third-order valence-corrected chi connectivity index (χ3v) is 5.36. The van der Waals surface area contributed by atoms with Crippen LogP contribution in [0.1, 0.15) is 27.7 Å². The Balaban J connectivity index is 1.67. The topological polar surface area (TPSA) is 80.5 Å². The van der Waals surface area contributed by atoms with Crippen molar-refractivity contribution >= 4 is 33.8 Å². The van der Waals surface area contributed by atoms with Gasteiger partial charge in [0.05, 0.1) is 0 Å². The number of hydrogen-bond acceptors (Lipinski definition) is 7. The summed E-state index contributed by atoms with van der Waals surface area (Å²) in [7, 11) is 4.02. The highest BCUT2D eigenvalue weighted by molar-refractivity contribution is 7.18. The number of nitrogens with zero attached hydrogens (tertiary/aromatic N) is 2. The summed E-state index contributed by atoms with van der Waals surface area (Å²) in [5, 5.41) is 3.79. The van der Waals surface area contributed by atoms with Gasteiger partial charge in [-0.15, -0.1) is 0 Å². The Bertz CT molecular complexity index is 967. The molecule has 0 saturated carbocycles. The number of aryl methyl sites for hydroxylation is 1. The minimum Gasteiger partial charge on any atom is -0.492 e. The average Bonchev–Trinajstić information content (AvgIpc) is 3.08. The number of ether oxygens (including phenoxy) is 1. The van der Waals surface area contributed by atoms with Gasteiger partial charge in [-0.05, 0) is 56.4 Å². The van der Waals surface area contributed by atoms with Gasteiger partial charge in [-0.3, -0.25) is 4.79 Å². The molecule has 29 heavy (non-hydrogen) atoms. The fourth-order valence-corrected chi connectivity index (χ4v) is 3.58. The smallest absolute Gasteiger partial charge is 0.206 e. The number of nitrogens with one attached hydrogen (secondary N) is 1. The molecule has 0 saturated heterocycles. The van der Waals surface area contributed by atoms with Gasteiger partial charge in [0.1, 0.15) is 23.1 Å². The number of carbonyl (C=O) groups excluding carboxylic acids is 1. The van der Waals surface area contributed by atoms with Crippen LogP contribution in [0.4, 0.5) is 16.6 Å². The molecule has 0 amide bonds. The summed E-state index contributed by atoms with van der Waals surface area (Å²) in [6, 6.07) is 15.2. The Hall–Kier alpha value is -2.90. The van der Waals surface area contributed by atoms with Crippen molar-refractivity contribution in [3.05, 3.63) is 64.5 Å². The van der Waals surface area contributed by atoms with E-state index in [0.717, 1.165) is 30.0 Å². The molecule has 0 fully saturated rings. The number of nitrogen functional groups attached to an aromatic ring is 1. The number of aromatic nitrogens is 1. The molecular weight excluding hydrogens is 384 g/mol. The number of likely N-dealkylation sites (N-methyl/N-ethyl adjacent to an activating group) is 1. The Morgan fingerprint density at radius 2 is 1.97 bits per heavy atom. The van der Waals surface area contributed by atoms with Gasteiger partial charge in [-0.2, -0.15) is 0 Å². The van der Waals surface area contributed by atoms with Crippen LogP contribution in [-0.2, 0) is 6.42 Å². The first kappa shape index (κ1) is 20.8. The van der Waals surface area contributed by atoms with Gasteiger partial charge in [0.15, 0.2) is 5.13 Å². The lowest BCUT2D eigenvalue weighted by atomic mass is 10.1. The lowest BCUT2D eigenvalue weighted by Crippen LogP contribution is -2.19. The molecule has 6 nitrogen and oxygen atoms in total. The normalized spacial score (nSPS) is 10.9. The largest absolute Gasteiger partial charge is 0.492 e. The summed E-state index contributed by atoms with van der Waals surface area (Å²) >= 11 is 1.26. The van der Waals surface area contributed by atoms with Crippen LogP contribution in [-0.4, -0.2) is 42.9 Å². The van der Waals surface area contributed by atoms with Gasteiger partial charge in [0.2, 0.25) is 5.78 Å². The molecule has 152 valence electrons. The number of anilines is 3. The summed E-state index contributed by atoms with van der Waals surface area (Å²) in [6.45, 7) is 3.55. The Morgan fingerprint density at radius 1 is 1.21 bits per heavy atom. The van der Waals surface area contributed by atoms with Crippen molar-refractivity contribution in [3.8, 4) is 5.75 Å². The van der Waals surface area contributed by atoms with Crippen molar-refractivity contribution in [1.82, 2.24) is 9.88 Å². The lowest BCUT2D eigenvalue weighted by molar-refractivity contribution is 0.104. The van der Waals surface area contributed by atoms with Crippen molar-refractivity contribution in [2.45, 2.75) is 13.3 Å². The first-order valence-corrected chi connectivity index (χ1v) is 10.3. The van der Waals surface area contributed by atoms with Crippen LogP contribution in [0.3, 0.4) is 0 Å². The van der Waals surface area contributed by atoms with Crippen molar-refractivity contribution in [2.75, 3.05) is 38.3 Å². The predicted molar refractivity (Wildman–Crippen MR) is 120 cm³/mol. The number of hydrogen-bond donors (Lipinski definition) is 2. The molecule has 0 unspecified atom stereocenters. The Labute approximate surface area is 175 Å². The van der Waals surface area contributed by atoms with E-state index in [1.807, 2.05) is 62.6 Å². The van der Waals surface area contributed by atoms with E-state index in [2.05, 4.69) is 22.1 Å². The summed E-state index contributed by atoms with van der Waals surface area (Å²) in [6.07, 6.45) is 0.876. The maximum absolute atomic E-state index is 12.8. The van der Waals surface area contributed by atoms with Crippen LogP contribution in [0, 0.1) is 0 Å². The van der Waals surface area contributed by atoms with Crippen molar-refractivity contribution in [3.63, 3.8) is 0 Å². The second-order valence-corrected chi connectivity index (χ2v) is 7.92. The number of nitrogens with two attached hydrogens (primary N) is 1. The minimum atomic E-state index is -0.104. The van der Waals surface area contributed by atoms with Crippen molar-refractivity contribution in [2.24, 2.45) is 0 Å². The maximum Gasteiger partial charge on any atom is 0.206 e. The molecule has 0 aliphatic heterocycles. The monoisotopic (exact) mass is 410 g/mol. The van der Waals surface area contributed by atoms with E-state index < -0.39 is 0 Å². The molecule has 3 aromatic rings. The quantitative estimate of drug-likeness (QED) is 0.515.